The van der Waals surface area contributed by atoms with Crippen molar-refractivity contribution in [3.05, 3.63) is 41.9 Å². The SMILES string of the molecule is CCCNc1cccc(Nc2ccc3ncsc3c2)n1. The van der Waals surface area contributed by atoms with Crippen molar-refractivity contribution in [2.75, 3.05) is 17.2 Å². The fraction of sp³-hybridized carbons (Fsp3) is 0.200. The van der Waals surface area contributed by atoms with E-state index in [1.165, 1.54) is 4.70 Å². The van der Waals surface area contributed by atoms with Gasteiger partial charge in [-0.3, -0.25) is 0 Å². The van der Waals surface area contributed by atoms with Gasteiger partial charge in [0, 0.05) is 12.2 Å². The van der Waals surface area contributed by atoms with Crippen LogP contribution in [0.4, 0.5) is 17.3 Å². The summed E-state index contributed by atoms with van der Waals surface area (Å²) in [5, 5.41) is 6.62. The number of hydrogen-bond donors (Lipinski definition) is 2. The van der Waals surface area contributed by atoms with E-state index >= 15 is 0 Å². The molecule has 5 heteroatoms. The molecule has 0 aliphatic rings. The summed E-state index contributed by atoms with van der Waals surface area (Å²) in [4.78, 5) is 8.82. The predicted molar refractivity (Wildman–Crippen MR) is 85.9 cm³/mol. The van der Waals surface area contributed by atoms with Crippen molar-refractivity contribution in [1.82, 2.24) is 9.97 Å². The van der Waals surface area contributed by atoms with Gasteiger partial charge in [0.2, 0.25) is 0 Å². The highest BCUT2D eigenvalue weighted by molar-refractivity contribution is 7.16. The van der Waals surface area contributed by atoms with Crippen LogP contribution in [0.1, 0.15) is 13.3 Å². The van der Waals surface area contributed by atoms with Crippen molar-refractivity contribution < 1.29 is 0 Å². The van der Waals surface area contributed by atoms with E-state index in [1.807, 2.05) is 35.8 Å². The van der Waals surface area contributed by atoms with Gasteiger partial charge in [-0.25, -0.2) is 9.97 Å². The Morgan fingerprint density at radius 3 is 2.95 bits per heavy atom. The highest BCUT2D eigenvalue weighted by Gasteiger charge is 2.01. The van der Waals surface area contributed by atoms with Crippen molar-refractivity contribution in [3.8, 4) is 0 Å². The zero-order valence-electron chi connectivity index (χ0n) is 11.3. The van der Waals surface area contributed by atoms with Gasteiger partial charge in [0.15, 0.2) is 0 Å². The van der Waals surface area contributed by atoms with E-state index in [2.05, 4.69) is 33.6 Å². The first-order valence-corrected chi connectivity index (χ1v) is 7.54. The molecule has 2 N–H and O–H groups in total. The Bertz CT molecular complexity index is 708. The van der Waals surface area contributed by atoms with Crippen LogP contribution in [0.2, 0.25) is 0 Å². The van der Waals surface area contributed by atoms with Crippen LogP contribution >= 0.6 is 11.3 Å². The summed E-state index contributed by atoms with van der Waals surface area (Å²) in [5.41, 5.74) is 3.93. The lowest BCUT2D eigenvalue weighted by atomic mass is 10.3. The molecule has 0 spiro atoms. The first kappa shape index (κ1) is 12.9. The van der Waals surface area contributed by atoms with Gasteiger partial charge in [-0.15, -0.1) is 11.3 Å². The molecule has 0 fully saturated rings. The maximum atomic E-state index is 4.54. The lowest BCUT2D eigenvalue weighted by Crippen LogP contribution is -2.03. The van der Waals surface area contributed by atoms with E-state index < -0.39 is 0 Å². The van der Waals surface area contributed by atoms with Gasteiger partial charge in [-0.05, 0) is 36.8 Å². The van der Waals surface area contributed by atoms with Crippen LogP contribution in [0.5, 0.6) is 0 Å². The Kier molecular flexibility index (Phi) is 3.78. The Hall–Kier alpha value is -2.14. The molecule has 0 saturated carbocycles. The van der Waals surface area contributed by atoms with E-state index in [9.17, 15) is 0 Å². The monoisotopic (exact) mass is 284 g/mol. The highest BCUT2D eigenvalue weighted by atomic mass is 32.1. The topological polar surface area (TPSA) is 49.8 Å². The zero-order valence-corrected chi connectivity index (χ0v) is 12.1. The second kappa shape index (κ2) is 5.88. The first-order chi connectivity index (χ1) is 9.85. The molecule has 0 aliphatic carbocycles. The number of aromatic nitrogens is 2. The molecule has 2 aromatic heterocycles. The average molecular weight is 284 g/mol. The lowest BCUT2D eigenvalue weighted by Gasteiger charge is -2.08. The van der Waals surface area contributed by atoms with Crippen molar-refractivity contribution in [3.63, 3.8) is 0 Å². The van der Waals surface area contributed by atoms with Crippen molar-refractivity contribution in [2.24, 2.45) is 0 Å². The van der Waals surface area contributed by atoms with Gasteiger partial charge >= 0.3 is 0 Å². The Labute approximate surface area is 121 Å². The molecule has 4 nitrogen and oxygen atoms in total. The summed E-state index contributed by atoms with van der Waals surface area (Å²) in [5.74, 6) is 1.74. The smallest absolute Gasteiger partial charge is 0.132 e. The summed E-state index contributed by atoms with van der Waals surface area (Å²) in [6.07, 6.45) is 1.08. The molecule has 0 radical (unpaired) electrons. The molecular formula is C15H16N4S. The molecule has 0 amide bonds. The molecule has 20 heavy (non-hydrogen) atoms. The molecule has 0 atom stereocenters. The van der Waals surface area contributed by atoms with E-state index in [0.717, 1.165) is 35.8 Å². The molecule has 2 heterocycles. The molecule has 3 aromatic rings. The van der Waals surface area contributed by atoms with Crippen molar-refractivity contribution in [1.29, 1.82) is 0 Å². The molecule has 102 valence electrons. The fourth-order valence-electron chi connectivity index (χ4n) is 1.94. The number of hydrogen-bond acceptors (Lipinski definition) is 5. The Morgan fingerprint density at radius 2 is 2.05 bits per heavy atom. The van der Waals surface area contributed by atoms with Crippen LogP contribution in [-0.2, 0) is 0 Å². The third kappa shape index (κ3) is 2.88. The Balaban J connectivity index is 1.79. The quantitative estimate of drug-likeness (QED) is 0.735. The van der Waals surface area contributed by atoms with Gasteiger partial charge in [0.1, 0.15) is 11.6 Å². The number of fused-ring (bicyclic) bond motifs is 1. The van der Waals surface area contributed by atoms with E-state index in [-0.39, 0.29) is 0 Å². The molecule has 0 aliphatic heterocycles. The summed E-state index contributed by atoms with van der Waals surface area (Å²) >= 11 is 1.64. The van der Waals surface area contributed by atoms with Crippen LogP contribution in [0.3, 0.4) is 0 Å². The molecule has 3 rings (SSSR count). The minimum atomic E-state index is 0.843. The molecule has 1 aromatic carbocycles. The summed E-state index contributed by atoms with van der Waals surface area (Å²) in [7, 11) is 0. The zero-order chi connectivity index (χ0) is 13.8. The largest absolute Gasteiger partial charge is 0.370 e. The lowest BCUT2D eigenvalue weighted by molar-refractivity contribution is 0.970. The van der Waals surface area contributed by atoms with Crippen LogP contribution in [-0.4, -0.2) is 16.5 Å². The van der Waals surface area contributed by atoms with Crippen molar-refractivity contribution in [2.45, 2.75) is 13.3 Å². The fourth-order valence-corrected chi connectivity index (χ4v) is 2.65. The van der Waals surface area contributed by atoms with Crippen LogP contribution in [0.15, 0.2) is 41.9 Å². The molecule has 0 saturated heterocycles. The summed E-state index contributed by atoms with van der Waals surface area (Å²) in [6.45, 7) is 3.07. The minimum Gasteiger partial charge on any atom is -0.370 e. The van der Waals surface area contributed by atoms with Crippen LogP contribution < -0.4 is 10.6 Å². The van der Waals surface area contributed by atoms with E-state index in [0.29, 0.717) is 0 Å². The normalized spacial score (nSPS) is 10.7. The first-order valence-electron chi connectivity index (χ1n) is 6.66. The second-order valence-corrected chi connectivity index (χ2v) is 5.38. The maximum Gasteiger partial charge on any atom is 0.132 e. The third-order valence-electron chi connectivity index (χ3n) is 2.91. The van der Waals surface area contributed by atoms with Gasteiger partial charge in [-0.2, -0.15) is 0 Å². The van der Waals surface area contributed by atoms with Gasteiger partial charge < -0.3 is 10.6 Å². The summed E-state index contributed by atoms with van der Waals surface area (Å²) < 4.78 is 1.18. The third-order valence-corrected chi connectivity index (χ3v) is 3.70. The average Bonchev–Trinajstić information content (AvgIpc) is 2.93. The number of rotatable bonds is 5. The highest BCUT2D eigenvalue weighted by Crippen LogP contribution is 2.24. The molecule has 0 bridgehead atoms. The molecular weight excluding hydrogens is 268 g/mol. The summed E-state index contributed by atoms with van der Waals surface area (Å²) in [6, 6.07) is 12.1. The number of pyridine rings is 1. The minimum absolute atomic E-state index is 0.843. The number of nitrogens with one attached hydrogen (secondary N) is 2. The standard InChI is InChI=1S/C15H16N4S/c1-2-8-16-14-4-3-5-15(19-14)18-11-6-7-12-13(9-11)20-10-17-12/h3-7,9-10H,2,8H2,1H3,(H2,16,18,19). The maximum absolute atomic E-state index is 4.54. The number of benzene rings is 1. The van der Waals surface area contributed by atoms with Crippen LogP contribution in [0.25, 0.3) is 10.2 Å². The Morgan fingerprint density at radius 1 is 1.15 bits per heavy atom. The van der Waals surface area contributed by atoms with Crippen LogP contribution in [0, 0.1) is 0 Å². The van der Waals surface area contributed by atoms with Gasteiger partial charge in [0.25, 0.3) is 0 Å². The van der Waals surface area contributed by atoms with Gasteiger partial charge in [0.05, 0.1) is 15.7 Å². The van der Waals surface area contributed by atoms with Crippen molar-refractivity contribution >= 4 is 38.9 Å². The number of nitrogens with zero attached hydrogens (tertiary/aromatic N) is 2. The van der Waals surface area contributed by atoms with E-state index in [4.69, 9.17) is 0 Å². The van der Waals surface area contributed by atoms with Gasteiger partial charge in [-0.1, -0.05) is 13.0 Å². The van der Waals surface area contributed by atoms with E-state index in [1.54, 1.807) is 11.3 Å². The number of thiazole rings is 1. The predicted octanol–water partition coefficient (Wildman–Crippen LogP) is 4.26. The second-order valence-electron chi connectivity index (χ2n) is 4.49. The molecule has 0 unspecified atom stereocenters. The number of anilines is 3.